The van der Waals surface area contributed by atoms with Crippen LogP contribution in [0.5, 0.6) is 17.2 Å². The molecule has 0 radical (unpaired) electrons. The van der Waals surface area contributed by atoms with E-state index in [1.165, 1.54) is 7.11 Å². The third kappa shape index (κ3) is 5.07. The summed E-state index contributed by atoms with van der Waals surface area (Å²) in [6, 6.07) is 9.78. The normalized spacial score (nSPS) is 15.5. The summed E-state index contributed by atoms with van der Waals surface area (Å²) in [4.78, 5) is 41.4. The van der Waals surface area contributed by atoms with Gasteiger partial charge in [-0.1, -0.05) is 43.7 Å². The Morgan fingerprint density at radius 3 is 2.38 bits per heavy atom. The average Bonchev–Trinajstić information content (AvgIpc) is 2.91. The van der Waals surface area contributed by atoms with Crippen LogP contribution in [0.3, 0.4) is 0 Å². The van der Waals surface area contributed by atoms with Crippen LogP contribution in [-0.4, -0.2) is 18.0 Å². The minimum atomic E-state index is -0.821. The lowest BCUT2D eigenvalue weighted by molar-refractivity contribution is 0.0997. The molecule has 1 aliphatic carbocycles. The molecule has 1 fully saturated rings. The molecule has 0 unspecified atom stereocenters. The standard InChI is InChI=1S/C29H29ClN4O5/c1-38-23-15-21-17(14-18(23)28(31)37)22(9-12-33-21)39-16-7-8-20(19(30)13-16)34-25-24(26(35)27(25)36)29(32)10-5-3-2-4-6-11-29/h7-9,12-15,34H,2-6,10-11,32H2,1H3,(H2,31,37). The zero-order valence-electron chi connectivity index (χ0n) is 21.5. The van der Waals surface area contributed by atoms with Gasteiger partial charge in [-0.2, -0.15) is 0 Å². The number of pyridine rings is 1. The van der Waals surface area contributed by atoms with Gasteiger partial charge in [0, 0.05) is 29.3 Å². The van der Waals surface area contributed by atoms with Gasteiger partial charge in [0.1, 0.15) is 17.2 Å². The third-order valence-electron chi connectivity index (χ3n) is 7.37. The fourth-order valence-corrected chi connectivity index (χ4v) is 5.51. The first-order chi connectivity index (χ1) is 18.7. The minimum absolute atomic E-state index is 0.200. The molecule has 10 heteroatoms. The highest BCUT2D eigenvalue weighted by atomic mass is 35.5. The van der Waals surface area contributed by atoms with Crippen molar-refractivity contribution in [2.45, 2.75) is 50.5 Å². The molecule has 1 aliphatic rings. The summed E-state index contributed by atoms with van der Waals surface area (Å²) in [5, 5.41) is 3.90. The molecule has 1 heterocycles. The van der Waals surface area contributed by atoms with Gasteiger partial charge in [0.25, 0.3) is 5.91 Å². The van der Waals surface area contributed by atoms with Crippen LogP contribution >= 0.6 is 11.6 Å². The van der Waals surface area contributed by atoms with Crippen molar-refractivity contribution in [3.63, 3.8) is 0 Å². The number of nitrogens with two attached hydrogens (primary N) is 2. The van der Waals surface area contributed by atoms with Gasteiger partial charge in [0.2, 0.25) is 10.9 Å². The van der Waals surface area contributed by atoms with Gasteiger partial charge in [-0.25, -0.2) is 0 Å². The van der Waals surface area contributed by atoms with Crippen molar-refractivity contribution in [2.75, 3.05) is 12.4 Å². The number of carbonyl (C=O) groups excluding carboxylic acids is 1. The summed E-state index contributed by atoms with van der Waals surface area (Å²) < 4.78 is 11.3. The SMILES string of the molecule is COc1cc2nccc(Oc3ccc(Nc4c(C5(N)CCCCCCC5)c(=O)c4=O)c(Cl)c3)c2cc1C(N)=O. The summed E-state index contributed by atoms with van der Waals surface area (Å²) in [5.41, 5.74) is 12.1. The molecule has 0 bridgehead atoms. The number of nitrogens with zero attached hydrogens (tertiary/aromatic N) is 1. The van der Waals surface area contributed by atoms with E-state index >= 15 is 0 Å². The fraction of sp³-hybridized carbons (Fsp3) is 0.310. The molecular weight excluding hydrogens is 520 g/mol. The van der Waals surface area contributed by atoms with E-state index in [0.29, 0.717) is 52.2 Å². The molecule has 3 aromatic carbocycles. The molecule has 0 atom stereocenters. The smallest absolute Gasteiger partial charge is 0.252 e. The summed E-state index contributed by atoms with van der Waals surface area (Å²) in [6.45, 7) is 0. The molecule has 0 aliphatic heterocycles. The number of hydrogen-bond acceptors (Lipinski definition) is 8. The first-order valence-corrected chi connectivity index (χ1v) is 13.2. The second kappa shape index (κ2) is 10.7. The number of hydrogen-bond donors (Lipinski definition) is 3. The van der Waals surface area contributed by atoms with E-state index < -0.39 is 22.3 Å². The highest BCUT2D eigenvalue weighted by molar-refractivity contribution is 6.33. The van der Waals surface area contributed by atoms with Gasteiger partial charge in [-0.3, -0.25) is 19.4 Å². The van der Waals surface area contributed by atoms with E-state index in [4.69, 9.17) is 32.5 Å². The Morgan fingerprint density at radius 2 is 1.72 bits per heavy atom. The molecule has 39 heavy (non-hydrogen) atoms. The lowest BCUT2D eigenvalue weighted by Crippen LogP contribution is -2.50. The van der Waals surface area contributed by atoms with Crippen molar-refractivity contribution in [3.8, 4) is 17.2 Å². The Balaban J connectivity index is 1.42. The summed E-state index contributed by atoms with van der Waals surface area (Å²) in [5.74, 6) is 0.518. The van der Waals surface area contributed by atoms with E-state index in [-0.39, 0.29) is 16.3 Å². The second-order valence-electron chi connectivity index (χ2n) is 9.94. The molecule has 0 saturated heterocycles. The number of benzene rings is 2. The summed E-state index contributed by atoms with van der Waals surface area (Å²) in [6.07, 6.45) is 8.02. The number of primary amides is 1. The van der Waals surface area contributed by atoms with Crippen LogP contribution in [0.25, 0.3) is 10.9 Å². The molecular formula is C29H29ClN4O5. The fourth-order valence-electron chi connectivity index (χ4n) is 5.29. The van der Waals surface area contributed by atoms with Crippen LogP contribution < -0.4 is 37.1 Å². The number of fused-ring (bicyclic) bond motifs is 1. The van der Waals surface area contributed by atoms with Crippen molar-refractivity contribution in [1.82, 2.24) is 4.98 Å². The van der Waals surface area contributed by atoms with Crippen LogP contribution in [0.2, 0.25) is 5.02 Å². The first kappa shape index (κ1) is 26.6. The monoisotopic (exact) mass is 548 g/mol. The van der Waals surface area contributed by atoms with Crippen LogP contribution in [0.4, 0.5) is 11.4 Å². The molecule has 1 amide bonds. The maximum atomic E-state index is 12.6. The van der Waals surface area contributed by atoms with E-state index in [9.17, 15) is 14.4 Å². The number of methoxy groups -OCH3 is 1. The summed E-state index contributed by atoms with van der Waals surface area (Å²) in [7, 11) is 1.45. The number of amides is 1. The number of ether oxygens (including phenoxy) is 2. The third-order valence-corrected chi connectivity index (χ3v) is 7.68. The Morgan fingerprint density at radius 1 is 1.00 bits per heavy atom. The Bertz CT molecular complexity index is 1640. The van der Waals surface area contributed by atoms with Crippen molar-refractivity contribution in [3.05, 3.63) is 79.2 Å². The van der Waals surface area contributed by atoms with Crippen LogP contribution in [0.1, 0.15) is 60.9 Å². The predicted octanol–water partition coefficient (Wildman–Crippen LogP) is 5.03. The lowest BCUT2D eigenvalue weighted by Gasteiger charge is -2.34. The van der Waals surface area contributed by atoms with Gasteiger partial charge in [-0.05, 0) is 37.1 Å². The van der Waals surface area contributed by atoms with Gasteiger partial charge in [0.15, 0.2) is 0 Å². The summed E-state index contributed by atoms with van der Waals surface area (Å²) >= 11 is 6.56. The number of anilines is 2. The van der Waals surface area contributed by atoms with Gasteiger partial charge in [-0.15, -0.1) is 0 Å². The van der Waals surface area contributed by atoms with Crippen molar-refractivity contribution in [2.24, 2.45) is 11.5 Å². The average molecular weight is 549 g/mol. The predicted molar refractivity (Wildman–Crippen MR) is 151 cm³/mol. The van der Waals surface area contributed by atoms with Crippen LogP contribution in [-0.2, 0) is 5.54 Å². The van der Waals surface area contributed by atoms with Crippen molar-refractivity contribution >= 4 is 39.8 Å². The van der Waals surface area contributed by atoms with Gasteiger partial charge < -0.3 is 26.3 Å². The lowest BCUT2D eigenvalue weighted by atomic mass is 9.76. The number of nitrogens with one attached hydrogen (secondary N) is 1. The van der Waals surface area contributed by atoms with Crippen LogP contribution in [0.15, 0.2) is 52.2 Å². The molecule has 4 aromatic rings. The molecule has 5 rings (SSSR count). The van der Waals surface area contributed by atoms with E-state index in [1.807, 2.05) is 0 Å². The number of aromatic nitrogens is 1. The minimum Gasteiger partial charge on any atom is -0.496 e. The topological polar surface area (TPSA) is 147 Å². The molecule has 202 valence electrons. The quantitative estimate of drug-likeness (QED) is 0.273. The highest BCUT2D eigenvalue weighted by Gasteiger charge is 2.38. The van der Waals surface area contributed by atoms with Crippen LogP contribution in [0, 0.1) is 0 Å². The van der Waals surface area contributed by atoms with E-state index in [1.54, 1.807) is 42.6 Å². The van der Waals surface area contributed by atoms with E-state index in [0.717, 1.165) is 32.1 Å². The largest absolute Gasteiger partial charge is 0.496 e. The maximum Gasteiger partial charge on any atom is 0.252 e. The number of rotatable bonds is 7. The molecule has 9 nitrogen and oxygen atoms in total. The Labute approximate surface area is 229 Å². The zero-order chi connectivity index (χ0) is 27.7. The molecule has 0 spiro atoms. The molecule has 1 aromatic heterocycles. The van der Waals surface area contributed by atoms with Gasteiger partial charge in [0.05, 0.1) is 40.2 Å². The first-order valence-electron chi connectivity index (χ1n) is 12.9. The van der Waals surface area contributed by atoms with Gasteiger partial charge >= 0.3 is 0 Å². The highest BCUT2D eigenvalue weighted by Crippen LogP contribution is 2.38. The Kier molecular flexibility index (Phi) is 7.29. The zero-order valence-corrected chi connectivity index (χ0v) is 22.3. The molecule has 5 N–H and O–H groups in total. The maximum absolute atomic E-state index is 12.6. The number of carbonyl (C=O) groups is 1. The van der Waals surface area contributed by atoms with Crippen molar-refractivity contribution < 1.29 is 14.3 Å². The number of halogens is 1. The Hall–Kier alpha value is -3.95. The van der Waals surface area contributed by atoms with Crippen molar-refractivity contribution in [1.29, 1.82) is 0 Å². The van der Waals surface area contributed by atoms with E-state index in [2.05, 4.69) is 10.3 Å². The molecule has 1 saturated carbocycles. The second-order valence-corrected chi connectivity index (χ2v) is 10.4.